The Morgan fingerprint density at radius 1 is 1.43 bits per heavy atom. The van der Waals surface area contributed by atoms with Crippen LogP contribution in [-0.4, -0.2) is 25.4 Å². The van der Waals surface area contributed by atoms with Crippen LogP contribution in [0.25, 0.3) is 10.7 Å². The highest BCUT2D eigenvalue weighted by Crippen LogP contribution is 2.22. The van der Waals surface area contributed by atoms with Crippen LogP contribution in [0.3, 0.4) is 0 Å². The molecule has 3 heterocycles. The van der Waals surface area contributed by atoms with Gasteiger partial charge in [0.1, 0.15) is 6.54 Å². The molecule has 0 aliphatic carbocycles. The fourth-order valence-corrected chi connectivity index (χ4v) is 2.98. The first kappa shape index (κ1) is 15.2. The molecule has 120 valence electrons. The van der Waals surface area contributed by atoms with E-state index in [2.05, 4.69) is 20.1 Å². The molecule has 9 heteroatoms. The van der Waals surface area contributed by atoms with Crippen LogP contribution in [0.2, 0.25) is 0 Å². The molecule has 0 bridgehead atoms. The fraction of sp³-hybridized carbons (Fsp3) is 0.286. The summed E-state index contributed by atoms with van der Waals surface area (Å²) >= 11 is 1.42. The molecule has 0 atom stereocenters. The second-order valence-electron chi connectivity index (χ2n) is 5.05. The zero-order chi connectivity index (χ0) is 16.6. The summed E-state index contributed by atoms with van der Waals surface area (Å²) in [7, 11) is 1.80. The van der Waals surface area contributed by atoms with Crippen molar-refractivity contribution in [3.05, 3.63) is 39.5 Å². The van der Waals surface area contributed by atoms with Gasteiger partial charge in [-0.2, -0.15) is 5.10 Å². The number of carbonyl (C=O) groups is 1. The van der Waals surface area contributed by atoms with E-state index in [9.17, 15) is 9.59 Å². The van der Waals surface area contributed by atoms with E-state index in [0.29, 0.717) is 11.5 Å². The van der Waals surface area contributed by atoms with Crippen molar-refractivity contribution in [1.29, 1.82) is 0 Å². The molecular formula is C14H15N5O3S. The van der Waals surface area contributed by atoms with Gasteiger partial charge in [-0.1, -0.05) is 11.2 Å². The lowest BCUT2D eigenvalue weighted by Crippen LogP contribution is -2.25. The van der Waals surface area contributed by atoms with Gasteiger partial charge in [0.25, 0.3) is 0 Å². The van der Waals surface area contributed by atoms with Crippen molar-refractivity contribution < 1.29 is 9.32 Å². The van der Waals surface area contributed by atoms with E-state index in [4.69, 9.17) is 0 Å². The average molecular weight is 333 g/mol. The molecule has 0 radical (unpaired) electrons. The van der Waals surface area contributed by atoms with Gasteiger partial charge in [0, 0.05) is 7.05 Å². The molecule has 0 saturated carbocycles. The van der Waals surface area contributed by atoms with E-state index in [-0.39, 0.29) is 12.5 Å². The second-order valence-corrected chi connectivity index (χ2v) is 6.00. The smallest absolute Gasteiger partial charge is 0.321 e. The van der Waals surface area contributed by atoms with Gasteiger partial charge in [0.2, 0.25) is 5.91 Å². The van der Waals surface area contributed by atoms with E-state index < -0.39 is 5.76 Å². The van der Waals surface area contributed by atoms with E-state index >= 15 is 0 Å². The average Bonchev–Trinajstić information content (AvgIpc) is 3.19. The Morgan fingerprint density at radius 3 is 2.83 bits per heavy atom. The van der Waals surface area contributed by atoms with Gasteiger partial charge in [-0.05, 0) is 25.3 Å². The Morgan fingerprint density at radius 2 is 2.22 bits per heavy atom. The van der Waals surface area contributed by atoms with E-state index in [1.165, 1.54) is 15.9 Å². The first-order valence-corrected chi connectivity index (χ1v) is 7.75. The first-order valence-electron chi connectivity index (χ1n) is 6.88. The van der Waals surface area contributed by atoms with Gasteiger partial charge >= 0.3 is 5.76 Å². The van der Waals surface area contributed by atoms with Crippen molar-refractivity contribution in [2.75, 3.05) is 5.32 Å². The molecule has 0 aromatic carbocycles. The Bertz CT molecular complexity index is 904. The topological polar surface area (TPSA) is 95.0 Å². The Kier molecular flexibility index (Phi) is 3.87. The molecule has 0 fully saturated rings. The largest absolute Gasteiger partial charge is 0.442 e. The first-order chi connectivity index (χ1) is 11.0. The summed E-state index contributed by atoms with van der Waals surface area (Å²) in [5.41, 5.74) is 2.21. The molecule has 23 heavy (non-hydrogen) atoms. The van der Waals surface area contributed by atoms with Crippen molar-refractivity contribution in [2.24, 2.45) is 7.05 Å². The Hall–Kier alpha value is -2.68. The maximum Gasteiger partial charge on any atom is 0.442 e. The van der Waals surface area contributed by atoms with E-state index in [0.717, 1.165) is 16.3 Å². The van der Waals surface area contributed by atoms with Gasteiger partial charge < -0.3 is 5.32 Å². The van der Waals surface area contributed by atoms with Crippen LogP contribution in [-0.2, 0) is 18.4 Å². The fourth-order valence-electron chi connectivity index (χ4n) is 2.27. The maximum absolute atomic E-state index is 12.3. The number of anilines is 1. The van der Waals surface area contributed by atoms with Gasteiger partial charge in [0.05, 0.1) is 22.0 Å². The molecular weight excluding hydrogens is 318 g/mol. The number of nitrogens with one attached hydrogen (secondary N) is 1. The molecule has 0 spiro atoms. The van der Waals surface area contributed by atoms with Crippen LogP contribution in [0.4, 0.5) is 5.69 Å². The van der Waals surface area contributed by atoms with Crippen molar-refractivity contribution in [2.45, 2.75) is 20.4 Å². The summed E-state index contributed by atoms with van der Waals surface area (Å²) in [6.07, 6.45) is 0. The van der Waals surface area contributed by atoms with Crippen molar-refractivity contribution >= 4 is 22.9 Å². The number of hydrogen-bond donors (Lipinski definition) is 1. The molecule has 0 aliphatic rings. The summed E-state index contributed by atoms with van der Waals surface area (Å²) in [4.78, 5) is 24.9. The van der Waals surface area contributed by atoms with Crippen LogP contribution >= 0.6 is 11.3 Å². The summed E-state index contributed by atoms with van der Waals surface area (Å²) in [5, 5.41) is 12.6. The van der Waals surface area contributed by atoms with Crippen molar-refractivity contribution in [3.8, 4) is 10.7 Å². The summed E-state index contributed by atoms with van der Waals surface area (Å²) < 4.78 is 7.59. The molecule has 1 amide bonds. The maximum atomic E-state index is 12.3. The minimum absolute atomic E-state index is 0.177. The predicted molar refractivity (Wildman–Crippen MR) is 85.4 cm³/mol. The van der Waals surface area contributed by atoms with Gasteiger partial charge in [-0.15, -0.1) is 11.3 Å². The van der Waals surface area contributed by atoms with Gasteiger partial charge in [-0.3, -0.25) is 14.0 Å². The van der Waals surface area contributed by atoms with Crippen molar-refractivity contribution in [3.63, 3.8) is 0 Å². The van der Waals surface area contributed by atoms with Crippen LogP contribution in [0, 0.1) is 13.8 Å². The Labute approximate surface area is 135 Å². The minimum Gasteiger partial charge on any atom is -0.321 e. The molecule has 8 nitrogen and oxygen atoms in total. The van der Waals surface area contributed by atoms with Crippen molar-refractivity contribution in [1.82, 2.24) is 19.5 Å². The molecule has 0 unspecified atom stereocenters. The number of amides is 1. The SMILES string of the molecule is Cc1nn(C)c(C)c1NC(=O)Cn1c(-c2cccs2)noc1=O. The third kappa shape index (κ3) is 2.82. The lowest BCUT2D eigenvalue weighted by molar-refractivity contribution is -0.116. The highest BCUT2D eigenvalue weighted by molar-refractivity contribution is 7.13. The van der Waals surface area contributed by atoms with E-state index in [1.54, 1.807) is 11.7 Å². The van der Waals surface area contributed by atoms with Crippen LogP contribution in [0.1, 0.15) is 11.4 Å². The third-order valence-electron chi connectivity index (χ3n) is 3.50. The highest BCUT2D eigenvalue weighted by atomic mass is 32.1. The zero-order valence-electron chi connectivity index (χ0n) is 12.9. The van der Waals surface area contributed by atoms with Crippen LogP contribution in [0.15, 0.2) is 26.8 Å². The minimum atomic E-state index is -0.664. The third-order valence-corrected chi connectivity index (χ3v) is 4.37. The number of carbonyl (C=O) groups excluding carboxylic acids is 1. The number of rotatable bonds is 4. The normalized spacial score (nSPS) is 10.9. The van der Waals surface area contributed by atoms with Gasteiger partial charge in [-0.25, -0.2) is 9.36 Å². The number of aromatic nitrogens is 4. The number of nitrogens with zero attached hydrogens (tertiary/aromatic N) is 4. The van der Waals surface area contributed by atoms with E-state index in [1.807, 2.05) is 31.4 Å². The zero-order valence-corrected chi connectivity index (χ0v) is 13.7. The van der Waals surface area contributed by atoms with Crippen LogP contribution < -0.4 is 11.1 Å². The number of hydrogen-bond acceptors (Lipinski definition) is 6. The Balaban J connectivity index is 1.84. The number of thiophene rings is 1. The quantitative estimate of drug-likeness (QED) is 0.782. The predicted octanol–water partition coefficient (Wildman–Crippen LogP) is 1.55. The summed E-state index contributed by atoms with van der Waals surface area (Å²) in [5.74, 6) is -0.657. The van der Waals surface area contributed by atoms with Gasteiger partial charge in [0.15, 0.2) is 5.82 Å². The summed E-state index contributed by atoms with van der Waals surface area (Å²) in [6.45, 7) is 3.49. The molecule has 0 saturated heterocycles. The summed E-state index contributed by atoms with van der Waals surface area (Å²) in [6, 6.07) is 3.65. The molecule has 0 aliphatic heterocycles. The lowest BCUT2D eigenvalue weighted by atomic mass is 10.3. The number of aryl methyl sites for hydroxylation is 2. The standard InChI is InChI=1S/C14H15N5O3S/c1-8-12(9(2)18(3)16-8)15-11(20)7-19-13(17-22-14(19)21)10-5-4-6-23-10/h4-6H,7H2,1-3H3,(H,15,20). The molecule has 3 aromatic rings. The second kappa shape index (κ2) is 5.84. The molecule has 3 aromatic heterocycles. The lowest BCUT2D eigenvalue weighted by Gasteiger charge is -2.06. The molecule has 3 rings (SSSR count). The van der Waals surface area contributed by atoms with Crippen LogP contribution in [0.5, 0.6) is 0 Å². The monoisotopic (exact) mass is 333 g/mol. The highest BCUT2D eigenvalue weighted by Gasteiger charge is 2.18. The molecule has 1 N–H and O–H groups in total.